The molecule has 11 heteroatoms. The van der Waals surface area contributed by atoms with Crippen molar-refractivity contribution in [3.8, 4) is 23.4 Å². The number of nitriles is 1. The van der Waals surface area contributed by atoms with Crippen molar-refractivity contribution in [2.75, 3.05) is 7.11 Å². The van der Waals surface area contributed by atoms with Crippen molar-refractivity contribution in [1.82, 2.24) is 19.6 Å². The smallest absolute Gasteiger partial charge is 0.312 e. The van der Waals surface area contributed by atoms with E-state index in [9.17, 15) is 15.4 Å². The summed E-state index contributed by atoms with van der Waals surface area (Å²) in [5.41, 5.74) is 12.1. The number of allylic oxidation sites excluding steroid dienone is 1. The molecule has 2 N–H and O–H groups in total. The van der Waals surface area contributed by atoms with E-state index in [1.165, 1.54) is 0 Å². The Balaban J connectivity index is 1.70. The molecule has 4 aromatic rings. The number of aryl methyl sites for hydroxylation is 2. The highest BCUT2D eigenvalue weighted by molar-refractivity contribution is 5.60. The average Bonchev–Trinajstić information content (AvgIpc) is 3.39. The minimum atomic E-state index is -0.546. The van der Waals surface area contributed by atoms with E-state index in [1.807, 2.05) is 56.3 Å². The Morgan fingerprint density at radius 1 is 1.13 bits per heavy atom. The third-order valence-electron chi connectivity index (χ3n) is 7.20. The van der Waals surface area contributed by atoms with Crippen LogP contribution < -0.4 is 15.2 Å². The highest BCUT2D eigenvalue weighted by Crippen LogP contribution is 2.46. The molecular weight excluding hydrogens is 498 g/mol. The number of methoxy groups -OCH3 is 1. The van der Waals surface area contributed by atoms with Gasteiger partial charge in [0, 0.05) is 5.56 Å². The van der Waals surface area contributed by atoms with Crippen LogP contribution in [0.5, 0.6) is 11.6 Å². The molecule has 1 aliphatic heterocycles. The van der Waals surface area contributed by atoms with Crippen LogP contribution in [0.1, 0.15) is 45.3 Å². The quantitative estimate of drug-likeness (QED) is 0.286. The fourth-order valence-corrected chi connectivity index (χ4v) is 5.28. The van der Waals surface area contributed by atoms with Gasteiger partial charge in [0.15, 0.2) is 0 Å². The molecular formula is C28H27N7O4. The third kappa shape index (κ3) is 4.06. The molecule has 0 bridgehead atoms. The zero-order chi connectivity index (χ0) is 28.0. The first kappa shape index (κ1) is 25.5. The van der Waals surface area contributed by atoms with Crippen LogP contribution in [0.3, 0.4) is 0 Å². The summed E-state index contributed by atoms with van der Waals surface area (Å²) in [7, 11) is 1.57. The van der Waals surface area contributed by atoms with Crippen LogP contribution in [-0.2, 0) is 6.54 Å². The molecule has 0 spiro atoms. The summed E-state index contributed by atoms with van der Waals surface area (Å²) in [6, 6.07) is 15.5. The summed E-state index contributed by atoms with van der Waals surface area (Å²) in [4.78, 5) is 11.2. The molecule has 39 heavy (non-hydrogen) atoms. The van der Waals surface area contributed by atoms with E-state index in [4.69, 9.17) is 20.3 Å². The molecule has 0 saturated heterocycles. The second-order valence-electron chi connectivity index (χ2n) is 9.37. The number of aromatic nitrogens is 4. The molecule has 0 saturated carbocycles. The van der Waals surface area contributed by atoms with Gasteiger partial charge in [-0.05, 0) is 57.0 Å². The van der Waals surface area contributed by atoms with Gasteiger partial charge >= 0.3 is 5.69 Å². The maximum Gasteiger partial charge on any atom is 0.312 e. The van der Waals surface area contributed by atoms with E-state index >= 15 is 0 Å². The van der Waals surface area contributed by atoms with Crippen LogP contribution in [0.4, 0.5) is 5.69 Å². The summed E-state index contributed by atoms with van der Waals surface area (Å²) in [5, 5.41) is 30.9. The Labute approximate surface area is 224 Å². The number of rotatable bonds is 6. The van der Waals surface area contributed by atoms with Gasteiger partial charge in [0.25, 0.3) is 0 Å². The van der Waals surface area contributed by atoms with Crippen molar-refractivity contribution in [1.29, 1.82) is 5.26 Å². The minimum absolute atomic E-state index is 0.0109. The lowest BCUT2D eigenvalue weighted by Crippen LogP contribution is -2.23. The van der Waals surface area contributed by atoms with E-state index in [1.54, 1.807) is 30.3 Å². The number of nitrogens with zero attached hydrogens (tertiary/aromatic N) is 6. The predicted octanol–water partition coefficient (Wildman–Crippen LogP) is 4.49. The first-order chi connectivity index (χ1) is 18.7. The van der Waals surface area contributed by atoms with Gasteiger partial charge < -0.3 is 15.2 Å². The van der Waals surface area contributed by atoms with Crippen LogP contribution in [0, 0.1) is 49.1 Å². The Morgan fingerprint density at radius 2 is 1.85 bits per heavy atom. The molecule has 2 aromatic carbocycles. The van der Waals surface area contributed by atoms with E-state index in [0.717, 1.165) is 27.9 Å². The molecule has 2 aromatic heterocycles. The summed E-state index contributed by atoms with van der Waals surface area (Å²) in [6.45, 7) is 7.34. The number of ether oxygens (including phenoxy) is 2. The van der Waals surface area contributed by atoms with Gasteiger partial charge in [-0.3, -0.25) is 14.8 Å². The second kappa shape index (κ2) is 9.64. The molecule has 1 atom stereocenters. The van der Waals surface area contributed by atoms with Crippen molar-refractivity contribution >= 4 is 5.69 Å². The van der Waals surface area contributed by atoms with Crippen LogP contribution in [0.25, 0.3) is 5.69 Å². The van der Waals surface area contributed by atoms with Crippen molar-refractivity contribution in [3.05, 3.63) is 103 Å². The van der Waals surface area contributed by atoms with Gasteiger partial charge in [0.05, 0.1) is 41.4 Å². The van der Waals surface area contributed by atoms with E-state index in [0.29, 0.717) is 28.7 Å². The van der Waals surface area contributed by atoms with Crippen molar-refractivity contribution in [3.63, 3.8) is 0 Å². The van der Waals surface area contributed by atoms with E-state index in [2.05, 4.69) is 11.2 Å². The third-order valence-corrected chi connectivity index (χ3v) is 7.20. The van der Waals surface area contributed by atoms with Crippen LogP contribution in [0.15, 0.2) is 53.9 Å². The van der Waals surface area contributed by atoms with Gasteiger partial charge in [-0.15, -0.1) is 0 Å². The Bertz CT molecular complexity index is 1690. The van der Waals surface area contributed by atoms with Gasteiger partial charge in [-0.2, -0.15) is 15.5 Å². The summed E-state index contributed by atoms with van der Waals surface area (Å²) >= 11 is 0. The van der Waals surface area contributed by atoms with Crippen molar-refractivity contribution in [2.24, 2.45) is 5.73 Å². The Morgan fingerprint density at radius 3 is 2.46 bits per heavy atom. The number of fused-ring (bicyclic) bond motifs is 1. The predicted molar refractivity (Wildman–Crippen MR) is 143 cm³/mol. The summed E-state index contributed by atoms with van der Waals surface area (Å²) in [5.74, 6) is 0.519. The highest BCUT2D eigenvalue weighted by Gasteiger charge is 2.37. The SMILES string of the molecule is COc1ccc([C@@H]2C(C#N)=C(N)Oc3c2c(C)nn3-c2ccccc2)c(C)c1Cn1nc(C)c([N+](=O)[O-])c1C. The number of para-hydroxylation sites is 1. The van der Waals surface area contributed by atoms with Crippen molar-refractivity contribution < 1.29 is 14.4 Å². The van der Waals surface area contributed by atoms with Crippen molar-refractivity contribution in [2.45, 2.75) is 40.2 Å². The topological polar surface area (TPSA) is 147 Å². The zero-order valence-corrected chi connectivity index (χ0v) is 22.2. The van der Waals surface area contributed by atoms with E-state index in [-0.39, 0.29) is 23.7 Å². The van der Waals surface area contributed by atoms with Gasteiger partial charge in [-0.25, -0.2) is 4.68 Å². The number of hydrogen-bond acceptors (Lipinski definition) is 8. The number of hydrogen-bond donors (Lipinski definition) is 1. The molecule has 0 fully saturated rings. The summed E-state index contributed by atoms with van der Waals surface area (Å²) in [6.07, 6.45) is 0. The molecule has 3 heterocycles. The Kier molecular flexibility index (Phi) is 6.32. The lowest BCUT2D eigenvalue weighted by molar-refractivity contribution is -0.386. The lowest BCUT2D eigenvalue weighted by Gasteiger charge is -2.27. The van der Waals surface area contributed by atoms with Gasteiger partial charge in [0.2, 0.25) is 11.8 Å². The number of nitro groups is 1. The molecule has 0 radical (unpaired) electrons. The fraction of sp³-hybridized carbons (Fsp3) is 0.250. The second-order valence-corrected chi connectivity index (χ2v) is 9.37. The molecule has 0 aliphatic carbocycles. The Hall–Kier alpha value is -5.11. The molecule has 11 nitrogen and oxygen atoms in total. The fourth-order valence-electron chi connectivity index (χ4n) is 5.28. The minimum Gasteiger partial charge on any atom is -0.496 e. The largest absolute Gasteiger partial charge is 0.496 e. The first-order valence-electron chi connectivity index (χ1n) is 12.2. The summed E-state index contributed by atoms with van der Waals surface area (Å²) < 4.78 is 15.0. The monoisotopic (exact) mass is 525 g/mol. The first-order valence-corrected chi connectivity index (χ1v) is 12.2. The molecule has 5 rings (SSSR count). The van der Waals surface area contributed by atoms with Gasteiger partial charge in [0.1, 0.15) is 28.8 Å². The van der Waals surface area contributed by atoms with Crippen LogP contribution in [0.2, 0.25) is 0 Å². The number of nitrogens with two attached hydrogens (primary N) is 1. The van der Waals surface area contributed by atoms with E-state index < -0.39 is 10.8 Å². The lowest BCUT2D eigenvalue weighted by atomic mass is 9.81. The maximum absolute atomic E-state index is 11.6. The molecule has 198 valence electrons. The van der Waals surface area contributed by atoms with Gasteiger partial charge in [-0.1, -0.05) is 24.3 Å². The highest BCUT2D eigenvalue weighted by atomic mass is 16.6. The standard InChI is InChI=1S/C28H27N7O4/c1-15-20(11-12-23(38-5)22(15)14-33-18(4)26(35(36)37)17(3)31-33)25-21(13-29)27(30)39-28-24(25)16(2)32-34(28)19-9-7-6-8-10-19/h6-12,25H,14,30H2,1-5H3/t25-/m1/s1. The van der Waals surface area contributed by atoms with Crippen LogP contribution in [-0.4, -0.2) is 31.6 Å². The molecule has 0 unspecified atom stereocenters. The molecule has 0 amide bonds. The molecule has 1 aliphatic rings. The zero-order valence-electron chi connectivity index (χ0n) is 22.2. The maximum atomic E-state index is 11.6. The average molecular weight is 526 g/mol. The number of benzene rings is 2. The van der Waals surface area contributed by atoms with Crippen LogP contribution >= 0.6 is 0 Å². The normalized spacial score (nSPS) is 14.5.